The van der Waals surface area contributed by atoms with Crippen molar-refractivity contribution in [3.63, 3.8) is 0 Å². The second-order valence-corrected chi connectivity index (χ2v) is 7.90. The maximum atomic E-state index is 10.5. The molecule has 0 aliphatic heterocycles. The Morgan fingerprint density at radius 2 is 2.00 bits per heavy atom. The lowest BCUT2D eigenvalue weighted by Crippen LogP contribution is -2.52. The summed E-state index contributed by atoms with van der Waals surface area (Å²) in [6, 6.07) is 0. The first-order valence-corrected chi connectivity index (χ1v) is 7.85. The van der Waals surface area contributed by atoms with Crippen molar-refractivity contribution >= 4 is 0 Å². The molecule has 0 aromatic carbocycles. The first-order chi connectivity index (χ1) is 8.95. The van der Waals surface area contributed by atoms with E-state index in [1.165, 1.54) is 6.42 Å². The lowest BCUT2D eigenvalue weighted by atomic mass is 9.55. The van der Waals surface area contributed by atoms with Gasteiger partial charge in [-0.05, 0) is 61.2 Å². The van der Waals surface area contributed by atoms with Crippen LogP contribution < -0.4 is 0 Å². The van der Waals surface area contributed by atoms with Gasteiger partial charge in [-0.2, -0.15) is 0 Å². The average Bonchev–Trinajstić information content (AvgIpc) is 2.81. The van der Waals surface area contributed by atoms with Gasteiger partial charge < -0.3 is 15.3 Å². The fraction of sp³-hybridized carbons (Fsp3) is 1.00. The lowest BCUT2D eigenvalue weighted by Gasteiger charge is -2.51. The van der Waals surface area contributed by atoms with Crippen molar-refractivity contribution in [1.82, 2.24) is 0 Å². The van der Waals surface area contributed by atoms with E-state index >= 15 is 0 Å². The molecule has 4 fully saturated rings. The van der Waals surface area contributed by atoms with E-state index in [1.807, 2.05) is 6.92 Å². The summed E-state index contributed by atoms with van der Waals surface area (Å²) >= 11 is 0. The molecule has 4 saturated carbocycles. The van der Waals surface area contributed by atoms with E-state index in [0.717, 1.165) is 25.7 Å². The van der Waals surface area contributed by atoms with Crippen LogP contribution in [0.4, 0.5) is 0 Å². The average molecular weight is 268 g/mol. The van der Waals surface area contributed by atoms with Gasteiger partial charge in [-0.15, -0.1) is 0 Å². The Morgan fingerprint density at radius 1 is 1.26 bits per heavy atom. The Kier molecular flexibility index (Phi) is 3.05. The molecule has 110 valence electrons. The molecule has 4 aliphatic rings. The van der Waals surface area contributed by atoms with Crippen molar-refractivity contribution in [3.05, 3.63) is 0 Å². The minimum Gasteiger partial charge on any atom is -0.396 e. The van der Waals surface area contributed by atoms with E-state index < -0.39 is 11.5 Å². The molecule has 4 aliphatic carbocycles. The Morgan fingerprint density at radius 3 is 2.58 bits per heavy atom. The Hall–Kier alpha value is -0.120. The van der Waals surface area contributed by atoms with Crippen LogP contribution in [0.5, 0.6) is 0 Å². The summed E-state index contributed by atoms with van der Waals surface area (Å²) in [5, 5.41) is 30.4. The van der Waals surface area contributed by atoms with Gasteiger partial charge in [0.05, 0.1) is 12.7 Å². The Labute approximate surface area is 116 Å². The molecule has 0 aromatic rings. The molecule has 0 aromatic heterocycles. The molecule has 0 saturated heterocycles. The van der Waals surface area contributed by atoms with Gasteiger partial charge in [-0.1, -0.05) is 13.8 Å². The third kappa shape index (κ3) is 1.55. The molecule has 3 N–H and O–H groups in total. The minimum absolute atomic E-state index is 0.0584. The second-order valence-electron chi connectivity index (χ2n) is 7.90. The normalized spacial score (nSPS) is 48.5. The van der Waals surface area contributed by atoms with Crippen LogP contribution in [-0.2, 0) is 0 Å². The fourth-order valence-electron chi connectivity index (χ4n) is 6.21. The van der Waals surface area contributed by atoms with E-state index in [-0.39, 0.29) is 24.0 Å². The van der Waals surface area contributed by atoms with E-state index in [9.17, 15) is 15.3 Å². The van der Waals surface area contributed by atoms with Crippen LogP contribution in [0.15, 0.2) is 0 Å². The quantitative estimate of drug-likeness (QED) is 0.714. The number of aliphatic hydroxyl groups is 3. The zero-order chi connectivity index (χ0) is 13.9. The van der Waals surface area contributed by atoms with Crippen LogP contribution >= 0.6 is 0 Å². The summed E-state index contributed by atoms with van der Waals surface area (Å²) in [5.74, 6) is 1.30. The van der Waals surface area contributed by atoms with Gasteiger partial charge in [0.25, 0.3) is 0 Å². The highest BCUT2D eigenvalue weighted by atomic mass is 16.3. The summed E-state index contributed by atoms with van der Waals surface area (Å²) in [7, 11) is 0. The molecule has 0 amide bonds. The predicted molar refractivity (Wildman–Crippen MR) is 73.5 cm³/mol. The maximum Gasteiger partial charge on any atom is 0.0618 e. The summed E-state index contributed by atoms with van der Waals surface area (Å²) in [6.45, 7) is 4.42. The molecule has 19 heavy (non-hydrogen) atoms. The third-order valence-electron chi connectivity index (χ3n) is 7.07. The molecule has 3 heteroatoms. The first kappa shape index (κ1) is 13.8. The molecule has 4 rings (SSSR count). The zero-order valence-electron chi connectivity index (χ0n) is 12.2. The summed E-state index contributed by atoms with van der Waals surface area (Å²) in [6.07, 6.45) is 5.92. The van der Waals surface area contributed by atoms with Crippen LogP contribution in [-0.4, -0.2) is 34.6 Å². The minimum atomic E-state index is -0.439. The number of rotatable bonds is 5. The molecule has 3 nitrogen and oxygen atoms in total. The second kappa shape index (κ2) is 4.19. The van der Waals surface area contributed by atoms with E-state index in [2.05, 4.69) is 6.92 Å². The van der Waals surface area contributed by atoms with Crippen molar-refractivity contribution in [2.45, 2.75) is 58.5 Å². The van der Waals surface area contributed by atoms with Gasteiger partial charge in [0, 0.05) is 12.0 Å². The van der Waals surface area contributed by atoms with Gasteiger partial charge in [0.1, 0.15) is 0 Å². The van der Waals surface area contributed by atoms with Gasteiger partial charge in [-0.3, -0.25) is 0 Å². The fourth-order valence-corrected chi connectivity index (χ4v) is 6.21. The highest BCUT2D eigenvalue weighted by molar-refractivity contribution is 5.18. The molecule has 6 unspecified atom stereocenters. The van der Waals surface area contributed by atoms with Crippen molar-refractivity contribution in [2.24, 2.45) is 28.1 Å². The van der Waals surface area contributed by atoms with E-state index in [1.54, 1.807) is 0 Å². The summed E-state index contributed by atoms with van der Waals surface area (Å²) in [5.41, 5.74) is -0.253. The molecule has 4 bridgehead atoms. The molecular formula is C16H28O3. The number of aliphatic hydroxyl groups excluding tert-OH is 3. The number of hydrogen-bond donors (Lipinski definition) is 3. The van der Waals surface area contributed by atoms with Crippen LogP contribution in [0.25, 0.3) is 0 Å². The standard InChI is InChI=1S/C16H28O3/c1-3-13(19)14(2,9-17)16-6-11-4-12(16)7-15(5-11,8-16)10-18/h11-13,17-19H,3-10H2,1-2H3. The maximum absolute atomic E-state index is 10.5. The smallest absolute Gasteiger partial charge is 0.0618 e. The van der Waals surface area contributed by atoms with Gasteiger partial charge in [0.2, 0.25) is 0 Å². The van der Waals surface area contributed by atoms with Crippen molar-refractivity contribution in [2.75, 3.05) is 13.2 Å². The summed E-state index contributed by atoms with van der Waals surface area (Å²) < 4.78 is 0. The molecule has 0 heterocycles. The Bertz CT molecular complexity index is 371. The first-order valence-electron chi connectivity index (χ1n) is 7.85. The molecule has 6 atom stereocenters. The Balaban J connectivity index is 2.00. The lowest BCUT2D eigenvalue weighted by molar-refractivity contribution is -0.121. The van der Waals surface area contributed by atoms with Crippen molar-refractivity contribution in [1.29, 1.82) is 0 Å². The van der Waals surface area contributed by atoms with Gasteiger partial charge in [0.15, 0.2) is 0 Å². The molecule has 0 spiro atoms. The van der Waals surface area contributed by atoms with Crippen molar-refractivity contribution < 1.29 is 15.3 Å². The van der Waals surface area contributed by atoms with Crippen molar-refractivity contribution in [3.8, 4) is 0 Å². The largest absolute Gasteiger partial charge is 0.396 e. The highest BCUT2D eigenvalue weighted by Gasteiger charge is 2.69. The van der Waals surface area contributed by atoms with Gasteiger partial charge in [-0.25, -0.2) is 0 Å². The van der Waals surface area contributed by atoms with Gasteiger partial charge >= 0.3 is 0 Å². The van der Waals surface area contributed by atoms with Crippen LogP contribution in [0.1, 0.15) is 52.4 Å². The zero-order valence-corrected chi connectivity index (χ0v) is 12.2. The third-order valence-corrected chi connectivity index (χ3v) is 7.07. The van der Waals surface area contributed by atoms with Crippen LogP contribution in [0, 0.1) is 28.1 Å². The van der Waals surface area contributed by atoms with Crippen LogP contribution in [0.3, 0.4) is 0 Å². The van der Waals surface area contributed by atoms with E-state index in [0.29, 0.717) is 18.3 Å². The number of hydrogen-bond acceptors (Lipinski definition) is 3. The topological polar surface area (TPSA) is 60.7 Å². The summed E-state index contributed by atoms with van der Waals surface area (Å²) in [4.78, 5) is 0. The molecule has 0 radical (unpaired) electrons. The predicted octanol–water partition coefficient (Wildman–Crippen LogP) is 1.94. The highest BCUT2D eigenvalue weighted by Crippen LogP contribution is 2.75. The van der Waals surface area contributed by atoms with E-state index in [4.69, 9.17) is 0 Å². The SMILES string of the molecule is CCC(O)C(C)(CO)C12CC3CC1CC(CO)(C3)C2. The molecular weight excluding hydrogens is 240 g/mol. The monoisotopic (exact) mass is 268 g/mol. The van der Waals surface area contributed by atoms with Crippen LogP contribution in [0.2, 0.25) is 0 Å².